The van der Waals surface area contributed by atoms with Crippen LogP contribution in [0.15, 0.2) is 109 Å². The monoisotopic (exact) mass is 757 g/mol. The van der Waals surface area contributed by atoms with Crippen molar-refractivity contribution in [3.8, 4) is 0 Å². The Kier molecular flexibility index (Phi) is 25.8. The molecule has 3 N–H and O–H groups in total. The van der Waals surface area contributed by atoms with E-state index in [1.54, 1.807) is 12.2 Å². The van der Waals surface area contributed by atoms with Crippen molar-refractivity contribution in [3.63, 3.8) is 0 Å². The minimum absolute atomic E-state index is 0. The topological polar surface area (TPSA) is 166 Å². The number of hydrogen-bond donors (Lipinski definition) is 3. The molecule has 0 spiro atoms. The van der Waals surface area contributed by atoms with Crippen LogP contribution in [-0.4, -0.2) is 75.1 Å². The zero-order valence-electron chi connectivity index (χ0n) is 31.7. The largest absolute Gasteiger partial charge is 0.467 e. The quantitative estimate of drug-likeness (QED) is 0.0737. The zero-order chi connectivity index (χ0) is 40.1. The lowest BCUT2D eigenvalue weighted by Crippen LogP contribution is -2.40. The Morgan fingerprint density at radius 3 is 0.964 bits per heavy atom. The van der Waals surface area contributed by atoms with Crippen molar-refractivity contribution in [2.75, 3.05) is 21.3 Å². The molecule has 0 heterocycles. The highest BCUT2D eigenvalue weighted by Crippen LogP contribution is 2.08. The van der Waals surface area contributed by atoms with Crippen molar-refractivity contribution in [2.24, 2.45) is 0 Å². The molecule has 3 aromatic carbocycles. The Morgan fingerprint density at radius 1 is 0.455 bits per heavy atom. The number of methoxy groups -OCH3 is 3. The highest BCUT2D eigenvalue weighted by molar-refractivity contribution is 5.84. The van der Waals surface area contributed by atoms with Crippen molar-refractivity contribution in [3.05, 3.63) is 126 Å². The van der Waals surface area contributed by atoms with Gasteiger partial charge in [0.1, 0.15) is 18.1 Å². The fraction of sp³-hybridized carbons (Fsp3) is 0.302. The summed E-state index contributed by atoms with van der Waals surface area (Å²) < 4.78 is 13.8. The predicted octanol–water partition coefficient (Wildman–Crippen LogP) is 5.94. The first-order valence-electron chi connectivity index (χ1n) is 17.1. The normalized spacial score (nSPS) is 11.9. The summed E-state index contributed by atoms with van der Waals surface area (Å²) in [5.41, 5.74) is 3.51. The summed E-state index contributed by atoms with van der Waals surface area (Å²) in [6, 6.07) is 28.1. The zero-order valence-corrected chi connectivity index (χ0v) is 31.7. The van der Waals surface area contributed by atoms with Gasteiger partial charge in [0.15, 0.2) is 0 Å². The molecule has 0 saturated heterocycles. The second-order valence-corrected chi connectivity index (χ2v) is 11.5. The summed E-state index contributed by atoms with van der Waals surface area (Å²) >= 11 is 0. The van der Waals surface area contributed by atoms with E-state index in [2.05, 4.69) is 66.6 Å². The molecule has 0 radical (unpaired) electrons. The fourth-order valence-electron chi connectivity index (χ4n) is 4.49. The molecule has 3 aromatic rings. The van der Waals surface area contributed by atoms with Crippen LogP contribution in [0.4, 0.5) is 0 Å². The summed E-state index contributed by atoms with van der Waals surface area (Å²) in [5.74, 6) is -2.53. The van der Waals surface area contributed by atoms with Gasteiger partial charge in [-0.15, -0.1) is 0 Å². The molecule has 0 unspecified atom stereocenters. The van der Waals surface area contributed by atoms with Crippen molar-refractivity contribution >= 4 is 53.9 Å². The average Bonchev–Trinajstić information content (AvgIpc) is 3.17. The van der Waals surface area contributed by atoms with Crippen LogP contribution in [0.25, 0.3) is 18.2 Å². The Hall–Kier alpha value is -6.30. The lowest BCUT2D eigenvalue weighted by molar-refractivity contribution is -0.145. The first-order chi connectivity index (χ1) is 25.9. The van der Waals surface area contributed by atoms with Crippen LogP contribution in [0.1, 0.15) is 64.2 Å². The Labute approximate surface area is 325 Å². The predicted molar refractivity (Wildman–Crippen MR) is 216 cm³/mol. The van der Waals surface area contributed by atoms with Crippen molar-refractivity contribution < 1.29 is 43.0 Å². The molecule has 12 heteroatoms. The minimum atomic E-state index is -0.795. The van der Waals surface area contributed by atoms with Crippen LogP contribution < -0.4 is 16.0 Å². The van der Waals surface area contributed by atoms with Gasteiger partial charge in [0, 0.05) is 20.8 Å². The third-order valence-electron chi connectivity index (χ3n) is 7.05. The molecular weight excluding hydrogens is 702 g/mol. The Balaban J connectivity index is 0.000000804. The number of carbonyl (C=O) groups excluding carboxylic acids is 6. The molecule has 55 heavy (non-hydrogen) atoms. The number of hydrogen-bond acceptors (Lipinski definition) is 9. The lowest BCUT2D eigenvalue weighted by atomic mass is 10.1. The molecule has 0 aliphatic heterocycles. The third kappa shape index (κ3) is 23.1. The molecule has 296 valence electrons. The SMILES string of the molecule is C.C(=C\c1ccccc1)/c1ccccc1.COC(=O)[C@H](C/C=C/c1ccccc1)NC(C)=O.COC(=O)[C@H](CC=CC[C@H](NC(C)=O)C(=O)OC)NC(C)=O. The van der Waals surface area contributed by atoms with Crippen LogP contribution in [0, 0.1) is 0 Å². The van der Waals surface area contributed by atoms with E-state index in [0.29, 0.717) is 6.42 Å². The number of ether oxygens (including phenoxy) is 3. The third-order valence-corrected chi connectivity index (χ3v) is 7.05. The van der Waals surface area contributed by atoms with Gasteiger partial charge >= 0.3 is 17.9 Å². The van der Waals surface area contributed by atoms with Crippen molar-refractivity contribution in [1.82, 2.24) is 16.0 Å². The molecule has 0 aliphatic rings. The second-order valence-electron chi connectivity index (χ2n) is 11.5. The average molecular weight is 758 g/mol. The lowest BCUT2D eigenvalue weighted by Gasteiger charge is -2.14. The molecular formula is C43H55N3O9. The smallest absolute Gasteiger partial charge is 0.328 e. The van der Waals surface area contributed by atoms with Gasteiger partial charge in [-0.1, -0.05) is 135 Å². The van der Waals surface area contributed by atoms with Crippen LogP contribution in [0.5, 0.6) is 0 Å². The number of carbonyl (C=O) groups is 6. The number of amides is 3. The summed E-state index contributed by atoms with van der Waals surface area (Å²) in [6.45, 7) is 3.96. The highest BCUT2D eigenvalue weighted by atomic mass is 16.5. The fourth-order valence-corrected chi connectivity index (χ4v) is 4.49. The van der Waals surface area contributed by atoms with Crippen molar-refractivity contribution in [1.29, 1.82) is 0 Å². The highest BCUT2D eigenvalue weighted by Gasteiger charge is 2.20. The van der Waals surface area contributed by atoms with Gasteiger partial charge in [-0.25, -0.2) is 14.4 Å². The molecule has 0 saturated carbocycles. The van der Waals surface area contributed by atoms with Gasteiger partial charge in [-0.05, 0) is 36.0 Å². The van der Waals surface area contributed by atoms with Gasteiger partial charge in [-0.3, -0.25) is 14.4 Å². The molecule has 0 fully saturated rings. The van der Waals surface area contributed by atoms with E-state index >= 15 is 0 Å². The Morgan fingerprint density at radius 2 is 0.709 bits per heavy atom. The standard InChI is InChI=1S/C14H22N2O6.C14H17NO3.C14H12.CH4/c1-9(17)15-11(13(19)21-3)7-5-6-8-12(14(20)22-4)16-10(2)18;1-11(16)15-13(14(17)18-2)10-6-9-12-7-4-3-5-8-12;1-3-7-13(8-4-1)11-12-14-9-5-2-6-10-14;/h5-6,11-12H,7-8H2,1-4H3,(H,15,17)(H,16,18);3-9,13H,10H2,1-2H3,(H,15,16);1-12H;1H4/b;9-6+;12-11+;/t11-,12-;13-;;/m00../s1. The van der Waals surface area contributed by atoms with E-state index in [-0.39, 0.29) is 38.0 Å². The molecule has 0 aromatic heterocycles. The minimum Gasteiger partial charge on any atom is -0.467 e. The van der Waals surface area contributed by atoms with Gasteiger partial charge in [0.25, 0.3) is 0 Å². The summed E-state index contributed by atoms with van der Waals surface area (Å²) in [6.07, 6.45) is 12.0. The van der Waals surface area contributed by atoms with E-state index in [9.17, 15) is 28.8 Å². The van der Waals surface area contributed by atoms with Crippen LogP contribution in [0.2, 0.25) is 0 Å². The maximum Gasteiger partial charge on any atom is 0.328 e. The Bertz CT molecular complexity index is 1590. The van der Waals surface area contributed by atoms with Crippen LogP contribution in [-0.2, 0) is 43.0 Å². The van der Waals surface area contributed by atoms with Gasteiger partial charge in [0.2, 0.25) is 17.7 Å². The molecule has 3 amide bonds. The number of nitrogens with one attached hydrogen (secondary N) is 3. The number of benzene rings is 3. The van der Waals surface area contributed by atoms with E-state index in [1.807, 2.05) is 78.9 Å². The summed E-state index contributed by atoms with van der Waals surface area (Å²) in [5, 5.41) is 7.47. The first kappa shape index (κ1) is 48.7. The van der Waals surface area contributed by atoms with Crippen LogP contribution >= 0.6 is 0 Å². The number of rotatable bonds is 15. The second kappa shape index (κ2) is 29.2. The van der Waals surface area contributed by atoms with Gasteiger partial charge in [-0.2, -0.15) is 0 Å². The van der Waals surface area contributed by atoms with E-state index < -0.39 is 36.0 Å². The van der Waals surface area contributed by atoms with Crippen LogP contribution in [0.3, 0.4) is 0 Å². The molecule has 0 bridgehead atoms. The molecule has 0 aliphatic carbocycles. The summed E-state index contributed by atoms with van der Waals surface area (Å²) in [7, 11) is 3.76. The molecule has 3 atom stereocenters. The van der Waals surface area contributed by atoms with E-state index in [0.717, 1.165) is 5.56 Å². The van der Waals surface area contributed by atoms with Gasteiger partial charge in [0.05, 0.1) is 21.3 Å². The molecule has 12 nitrogen and oxygen atoms in total. The van der Waals surface area contributed by atoms with Crippen molar-refractivity contribution in [2.45, 2.75) is 65.6 Å². The van der Waals surface area contributed by atoms with Gasteiger partial charge < -0.3 is 30.2 Å². The number of esters is 3. The molecule has 3 rings (SSSR count). The van der Waals surface area contributed by atoms with E-state index in [1.165, 1.54) is 53.2 Å². The summed E-state index contributed by atoms with van der Waals surface area (Å²) in [4.78, 5) is 67.4. The maximum absolute atomic E-state index is 11.5. The maximum atomic E-state index is 11.5. The first-order valence-corrected chi connectivity index (χ1v) is 17.1. The van der Waals surface area contributed by atoms with E-state index in [4.69, 9.17) is 0 Å².